The second kappa shape index (κ2) is 22.9. The fraction of sp³-hybridized carbons (Fsp3) is 0.844. The van der Waals surface area contributed by atoms with E-state index in [1.807, 2.05) is 26.8 Å². The van der Waals surface area contributed by atoms with E-state index in [1.54, 1.807) is 0 Å². The number of carboxylic acid groups (broad SMARTS) is 3. The van der Waals surface area contributed by atoms with E-state index in [2.05, 4.69) is 6.58 Å². The third-order valence-corrected chi connectivity index (χ3v) is 8.24. The third-order valence-electron chi connectivity index (χ3n) is 8.24. The van der Waals surface area contributed by atoms with Gasteiger partial charge in [0.25, 0.3) is 0 Å². The van der Waals surface area contributed by atoms with Crippen LogP contribution in [0.25, 0.3) is 0 Å². The molecule has 3 N–H and O–H groups in total. The molecule has 0 amide bonds. The van der Waals surface area contributed by atoms with Gasteiger partial charge < -0.3 is 15.3 Å². The summed E-state index contributed by atoms with van der Waals surface area (Å²) in [6.45, 7) is 9.67. The van der Waals surface area contributed by atoms with E-state index < -0.39 is 36.0 Å². The van der Waals surface area contributed by atoms with Gasteiger partial charge >= 0.3 is 17.9 Å². The number of unbranched alkanes of at least 4 members (excludes halogenated alkanes) is 13. The van der Waals surface area contributed by atoms with Crippen molar-refractivity contribution in [3.63, 3.8) is 0 Å². The number of aliphatic carboxylic acids is 3. The summed E-state index contributed by atoms with van der Waals surface area (Å²) in [4.78, 5) is 37.7. The standard InChI is InChI=1S/C32H59NO6/c1-5-9-10-11-12-13-14-15-16-17-18-19-20-21-22-26-33(27(23-6-2)30(34)35,28(24-7-3)31(36)37)29(25-8-4)32(38)39/h5,27-29H,1,6-26H2,2-4H3,(H2-,34,35,36,37,38,39)/p+1. The van der Waals surface area contributed by atoms with Gasteiger partial charge in [0, 0.05) is 19.3 Å². The summed E-state index contributed by atoms with van der Waals surface area (Å²) in [6.07, 6.45) is 20.7. The molecule has 0 rings (SSSR count). The lowest BCUT2D eigenvalue weighted by atomic mass is 9.91. The third kappa shape index (κ3) is 13.8. The highest BCUT2D eigenvalue weighted by Gasteiger charge is 2.56. The van der Waals surface area contributed by atoms with Crippen molar-refractivity contribution in [2.24, 2.45) is 0 Å². The molecule has 0 aliphatic rings. The smallest absolute Gasteiger partial charge is 0.362 e. The first kappa shape index (κ1) is 37.1. The molecule has 0 spiro atoms. The van der Waals surface area contributed by atoms with Gasteiger partial charge in [-0.2, -0.15) is 0 Å². The highest BCUT2D eigenvalue weighted by atomic mass is 16.4. The van der Waals surface area contributed by atoms with Gasteiger partial charge in [-0.15, -0.1) is 6.58 Å². The Hall–Kier alpha value is -1.89. The molecule has 0 aliphatic heterocycles. The van der Waals surface area contributed by atoms with Crippen molar-refractivity contribution in [1.82, 2.24) is 0 Å². The van der Waals surface area contributed by atoms with Crippen LogP contribution >= 0.6 is 0 Å². The monoisotopic (exact) mass is 554 g/mol. The van der Waals surface area contributed by atoms with E-state index in [4.69, 9.17) is 0 Å². The number of allylic oxidation sites excluding steroid dienone is 1. The molecule has 0 aromatic carbocycles. The summed E-state index contributed by atoms with van der Waals surface area (Å²) in [5.74, 6) is -3.25. The molecule has 7 heteroatoms. The van der Waals surface area contributed by atoms with E-state index in [-0.39, 0.29) is 30.3 Å². The normalized spacial score (nSPS) is 15.3. The van der Waals surface area contributed by atoms with Crippen molar-refractivity contribution in [2.75, 3.05) is 6.54 Å². The minimum atomic E-state index is -1.08. The fourth-order valence-electron chi connectivity index (χ4n) is 6.27. The number of hydrogen-bond acceptors (Lipinski definition) is 3. The van der Waals surface area contributed by atoms with Crippen LogP contribution in [-0.4, -0.2) is 62.4 Å². The summed E-state index contributed by atoms with van der Waals surface area (Å²) < 4.78 is -0.372. The number of rotatable bonds is 28. The van der Waals surface area contributed by atoms with Gasteiger partial charge in [0.1, 0.15) is 0 Å². The molecule has 7 nitrogen and oxygen atoms in total. The van der Waals surface area contributed by atoms with Crippen molar-refractivity contribution in [3.05, 3.63) is 12.7 Å². The van der Waals surface area contributed by atoms with Gasteiger partial charge in [0.15, 0.2) is 18.1 Å². The average molecular weight is 555 g/mol. The molecule has 39 heavy (non-hydrogen) atoms. The van der Waals surface area contributed by atoms with Crippen molar-refractivity contribution in [2.45, 2.75) is 167 Å². The van der Waals surface area contributed by atoms with Gasteiger partial charge in [-0.3, -0.25) is 4.48 Å². The minimum absolute atomic E-state index is 0.269. The number of carboxylic acids is 3. The molecule has 0 aromatic rings. The fourth-order valence-corrected chi connectivity index (χ4v) is 6.27. The number of nitrogens with zero attached hydrogens (tertiary/aromatic N) is 1. The molecular weight excluding hydrogens is 494 g/mol. The lowest BCUT2D eigenvalue weighted by molar-refractivity contribution is -0.973. The maximum absolute atomic E-state index is 12.6. The molecule has 0 bridgehead atoms. The molecule has 0 radical (unpaired) electrons. The van der Waals surface area contributed by atoms with Crippen LogP contribution in [-0.2, 0) is 14.4 Å². The van der Waals surface area contributed by atoms with E-state index in [1.165, 1.54) is 57.8 Å². The summed E-state index contributed by atoms with van der Waals surface area (Å²) >= 11 is 0. The summed E-state index contributed by atoms with van der Waals surface area (Å²) in [7, 11) is 0. The Balaban J connectivity index is 5.16. The summed E-state index contributed by atoms with van der Waals surface area (Å²) in [5.41, 5.74) is 0. The van der Waals surface area contributed by atoms with Crippen molar-refractivity contribution in [1.29, 1.82) is 0 Å². The van der Waals surface area contributed by atoms with Crippen LogP contribution in [0.2, 0.25) is 0 Å². The molecule has 228 valence electrons. The van der Waals surface area contributed by atoms with Crippen molar-refractivity contribution in [3.8, 4) is 0 Å². The van der Waals surface area contributed by atoms with Crippen LogP contribution in [0, 0.1) is 0 Å². The Morgan fingerprint density at radius 3 is 1.10 bits per heavy atom. The largest absolute Gasteiger partial charge is 0.477 e. The van der Waals surface area contributed by atoms with Gasteiger partial charge in [0.2, 0.25) is 0 Å². The SMILES string of the molecule is C=CCCCCCCCCCCCCCCC[N+](C(CCC)C(=O)O)(C(CCC)C(=O)O)C(CCC)C(=O)O. The predicted molar refractivity (Wildman–Crippen MR) is 159 cm³/mol. The zero-order chi connectivity index (χ0) is 29.5. The molecule has 0 heterocycles. The molecule has 0 aromatic heterocycles. The Labute approximate surface area is 238 Å². The Kier molecular flexibility index (Phi) is 21.8. The number of carbonyl (C=O) groups is 3. The van der Waals surface area contributed by atoms with Crippen LogP contribution in [0.1, 0.15) is 149 Å². The molecule has 0 saturated carbocycles. The molecule has 0 fully saturated rings. The number of quaternary nitrogens is 1. The lowest BCUT2D eigenvalue weighted by Gasteiger charge is -2.50. The van der Waals surface area contributed by atoms with E-state index in [0.29, 0.717) is 25.7 Å². The average Bonchev–Trinajstić information content (AvgIpc) is 2.89. The van der Waals surface area contributed by atoms with Crippen molar-refractivity contribution < 1.29 is 34.2 Å². The Morgan fingerprint density at radius 2 is 0.846 bits per heavy atom. The molecule has 0 saturated heterocycles. The zero-order valence-electron chi connectivity index (χ0n) is 25.4. The minimum Gasteiger partial charge on any atom is -0.477 e. The molecule has 3 atom stereocenters. The van der Waals surface area contributed by atoms with Crippen LogP contribution in [0.15, 0.2) is 12.7 Å². The van der Waals surface area contributed by atoms with Crippen LogP contribution in [0.4, 0.5) is 0 Å². The topological polar surface area (TPSA) is 112 Å². The second-order valence-corrected chi connectivity index (χ2v) is 11.3. The zero-order valence-corrected chi connectivity index (χ0v) is 25.4. The Morgan fingerprint density at radius 1 is 0.564 bits per heavy atom. The summed E-state index contributed by atoms with van der Waals surface area (Å²) in [5, 5.41) is 30.8. The maximum atomic E-state index is 12.6. The quantitative estimate of drug-likeness (QED) is 0.0510. The Bertz CT molecular complexity index is 620. The van der Waals surface area contributed by atoms with Gasteiger partial charge in [-0.25, -0.2) is 14.4 Å². The second-order valence-electron chi connectivity index (χ2n) is 11.3. The molecule has 3 unspecified atom stereocenters. The van der Waals surface area contributed by atoms with Gasteiger partial charge in [-0.05, 0) is 44.9 Å². The van der Waals surface area contributed by atoms with Gasteiger partial charge in [-0.1, -0.05) is 91.1 Å². The molecular formula is C32H60NO6+. The first-order chi connectivity index (χ1) is 18.7. The first-order valence-corrected chi connectivity index (χ1v) is 15.9. The van der Waals surface area contributed by atoms with E-state index in [0.717, 1.165) is 25.7 Å². The highest BCUT2D eigenvalue weighted by Crippen LogP contribution is 2.34. The lowest BCUT2D eigenvalue weighted by Crippen LogP contribution is -2.72. The highest BCUT2D eigenvalue weighted by molar-refractivity contribution is 5.78. The number of hydrogen-bond donors (Lipinski definition) is 3. The van der Waals surface area contributed by atoms with E-state index >= 15 is 0 Å². The van der Waals surface area contributed by atoms with Crippen molar-refractivity contribution >= 4 is 17.9 Å². The molecule has 0 aliphatic carbocycles. The van der Waals surface area contributed by atoms with Gasteiger partial charge in [0.05, 0.1) is 6.54 Å². The van der Waals surface area contributed by atoms with Crippen LogP contribution in [0.3, 0.4) is 0 Å². The van der Waals surface area contributed by atoms with Crippen LogP contribution in [0.5, 0.6) is 0 Å². The summed E-state index contributed by atoms with van der Waals surface area (Å²) in [6, 6.07) is -3.13. The predicted octanol–water partition coefficient (Wildman–Crippen LogP) is 8.21. The van der Waals surface area contributed by atoms with E-state index in [9.17, 15) is 29.7 Å². The first-order valence-electron chi connectivity index (χ1n) is 15.9. The van der Waals surface area contributed by atoms with Crippen LogP contribution < -0.4 is 0 Å². The maximum Gasteiger partial charge on any atom is 0.362 e.